The van der Waals surface area contributed by atoms with Gasteiger partial charge < -0.3 is 20.1 Å². The van der Waals surface area contributed by atoms with Crippen molar-refractivity contribution in [2.75, 3.05) is 44.7 Å². The molecule has 0 spiro atoms. The van der Waals surface area contributed by atoms with Crippen molar-refractivity contribution in [2.45, 2.75) is 6.42 Å². The van der Waals surface area contributed by atoms with Crippen molar-refractivity contribution in [3.05, 3.63) is 53.3 Å². The number of aliphatic imine (C=N–C) groups is 1. The van der Waals surface area contributed by atoms with Gasteiger partial charge in [0, 0.05) is 56.9 Å². The third-order valence-electron chi connectivity index (χ3n) is 5.02. The van der Waals surface area contributed by atoms with E-state index in [2.05, 4.69) is 42.6 Å². The van der Waals surface area contributed by atoms with Gasteiger partial charge >= 0.3 is 0 Å². The van der Waals surface area contributed by atoms with Gasteiger partial charge in [0.15, 0.2) is 5.96 Å². The highest BCUT2D eigenvalue weighted by Crippen LogP contribution is 2.22. The molecule has 8 heteroatoms. The van der Waals surface area contributed by atoms with E-state index in [1.165, 1.54) is 11.1 Å². The van der Waals surface area contributed by atoms with Gasteiger partial charge in [0.2, 0.25) is 0 Å². The molecule has 0 aliphatic carbocycles. The van der Waals surface area contributed by atoms with Crippen LogP contribution in [-0.2, 0) is 6.42 Å². The fourth-order valence-corrected chi connectivity index (χ4v) is 4.37. The highest BCUT2D eigenvalue weighted by molar-refractivity contribution is 14.0. The molecule has 2 aromatic heterocycles. The number of fused-ring (bicyclic) bond motifs is 1. The second-order valence-corrected chi connectivity index (χ2v) is 7.58. The maximum Gasteiger partial charge on any atom is 0.193 e. The van der Waals surface area contributed by atoms with Crippen LogP contribution < -0.4 is 10.2 Å². The average molecular weight is 513 g/mol. The lowest BCUT2D eigenvalue weighted by atomic mass is 10.1. The lowest BCUT2D eigenvalue weighted by Crippen LogP contribution is -2.52. The van der Waals surface area contributed by atoms with E-state index in [9.17, 15) is 4.39 Å². The average Bonchev–Trinajstić information content (AvgIpc) is 3.36. The largest absolute Gasteiger partial charge is 0.361 e. The van der Waals surface area contributed by atoms with Gasteiger partial charge in [-0.15, -0.1) is 35.3 Å². The maximum absolute atomic E-state index is 13.5. The molecule has 1 saturated heterocycles. The van der Waals surface area contributed by atoms with E-state index in [1.54, 1.807) is 23.5 Å². The number of thiophene rings is 1. The SMILES string of the molecule is CN=C(NCCc1c[nH]c2ccc(F)cc12)N1CCN(c2cccs2)CC1.I. The van der Waals surface area contributed by atoms with Gasteiger partial charge in [0.05, 0.1) is 5.00 Å². The maximum atomic E-state index is 13.5. The predicted molar refractivity (Wildman–Crippen MR) is 127 cm³/mol. The molecule has 0 radical (unpaired) electrons. The van der Waals surface area contributed by atoms with E-state index in [0.29, 0.717) is 0 Å². The molecule has 3 aromatic rings. The van der Waals surface area contributed by atoms with E-state index in [0.717, 1.165) is 61.6 Å². The number of hydrogen-bond donors (Lipinski definition) is 2. The molecule has 150 valence electrons. The van der Waals surface area contributed by atoms with Crippen LogP contribution in [0.3, 0.4) is 0 Å². The summed E-state index contributed by atoms with van der Waals surface area (Å²) >= 11 is 1.79. The second kappa shape index (κ2) is 9.60. The molecular formula is C20H25FIN5S. The normalized spacial score (nSPS) is 15.0. The number of nitrogens with one attached hydrogen (secondary N) is 2. The van der Waals surface area contributed by atoms with Crippen LogP contribution in [0.1, 0.15) is 5.56 Å². The monoisotopic (exact) mass is 513 g/mol. The summed E-state index contributed by atoms with van der Waals surface area (Å²) in [5, 5.41) is 7.87. The molecule has 28 heavy (non-hydrogen) atoms. The third kappa shape index (κ3) is 4.60. The topological polar surface area (TPSA) is 46.7 Å². The fraction of sp³-hybridized carbons (Fsp3) is 0.350. The number of aromatic nitrogens is 1. The van der Waals surface area contributed by atoms with Crippen LogP contribution >= 0.6 is 35.3 Å². The van der Waals surface area contributed by atoms with Crippen molar-refractivity contribution < 1.29 is 4.39 Å². The van der Waals surface area contributed by atoms with Crippen molar-refractivity contribution in [3.8, 4) is 0 Å². The van der Waals surface area contributed by atoms with Crippen LogP contribution in [0, 0.1) is 5.82 Å². The summed E-state index contributed by atoms with van der Waals surface area (Å²) in [6, 6.07) is 9.15. The summed E-state index contributed by atoms with van der Waals surface area (Å²) in [6.07, 6.45) is 2.78. The molecular weight excluding hydrogens is 488 g/mol. The third-order valence-corrected chi connectivity index (χ3v) is 5.94. The quantitative estimate of drug-likeness (QED) is 0.316. The Labute approximate surface area is 185 Å². The highest BCUT2D eigenvalue weighted by Gasteiger charge is 2.20. The van der Waals surface area contributed by atoms with Gasteiger partial charge in [-0.25, -0.2) is 4.39 Å². The number of piperazine rings is 1. The first-order chi connectivity index (χ1) is 13.2. The zero-order valence-corrected chi connectivity index (χ0v) is 19.0. The van der Waals surface area contributed by atoms with E-state index in [1.807, 2.05) is 13.2 Å². The van der Waals surface area contributed by atoms with Crippen LogP contribution in [0.15, 0.2) is 46.9 Å². The Balaban J connectivity index is 0.00000225. The number of guanidine groups is 1. The lowest BCUT2D eigenvalue weighted by Gasteiger charge is -2.37. The molecule has 1 aliphatic rings. The minimum Gasteiger partial charge on any atom is -0.361 e. The van der Waals surface area contributed by atoms with E-state index in [4.69, 9.17) is 0 Å². The van der Waals surface area contributed by atoms with Crippen LogP contribution in [0.5, 0.6) is 0 Å². The molecule has 0 atom stereocenters. The van der Waals surface area contributed by atoms with E-state index in [-0.39, 0.29) is 29.8 Å². The standard InChI is InChI=1S/C20H24FN5S.HI/c1-22-20(26-10-8-25(9-11-26)19-3-2-12-27-19)23-7-6-15-14-24-18-5-4-16(21)13-17(15)18;/h2-5,12-14,24H,6-11H2,1H3,(H,22,23);1H. The Hall–Kier alpha value is -1.81. The van der Waals surface area contributed by atoms with Gasteiger partial charge in [0.1, 0.15) is 5.82 Å². The molecule has 1 aliphatic heterocycles. The van der Waals surface area contributed by atoms with Crippen molar-refractivity contribution in [2.24, 2.45) is 4.99 Å². The summed E-state index contributed by atoms with van der Waals surface area (Å²) in [6.45, 7) is 4.68. The van der Waals surface area contributed by atoms with Gasteiger partial charge in [0.25, 0.3) is 0 Å². The summed E-state index contributed by atoms with van der Waals surface area (Å²) in [5.41, 5.74) is 2.09. The van der Waals surface area contributed by atoms with Crippen molar-refractivity contribution in [3.63, 3.8) is 0 Å². The number of benzene rings is 1. The van der Waals surface area contributed by atoms with Crippen molar-refractivity contribution in [1.29, 1.82) is 0 Å². The van der Waals surface area contributed by atoms with E-state index < -0.39 is 0 Å². The zero-order valence-electron chi connectivity index (χ0n) is 15.8. The first-order valence-electron chi connectivity index (χ1n) is 9.24. The number of aromatic amines is 1. The molecule has 3 heterocycles. The number of H-pyrrole nitrogens is 1. The Kier molecular flexibility index (Phi) is 7.17. The number of hydrogen-bond acceptors (Lipinski definition) is 3. The van der Waals surface area contributed by atoms with Crippen LogP contribution in [0.4, 0.5) is 9.39 Å². The highest BCUT2D eigenvalue weighted by atomic mass is 127. The van der Waals surface area contributed by atoms with Gasteiger partial charge in [-0.1, -0.05) is 0 Å². The predicted octanol–water partition coefficient (Wildman–Crippen LogP) is 3.93. The lowest BCUT2D eigenvalue weighted by molar-refractivity contribution is 0.374. The summed E-state index contributed by atoms with van der Waals surface area (Å²) in [5.74, 6) is 0.739. The Morgan fingerprint density at radius 3 is 2.79 bits per heavy atom. The zero-order chi connectivity index (χ0) is 18.6. The molecule has 0 amide bonds. The smallest absolute Gasteiger partial charge is 0.193 e. The summed E-state index contributed by atoms with van der Waals surface area (Å²) < 4.78 is 13.5. The molecule has 1 fully saturated rings. The van der Waals surface area contributed by atoms with Crippen LogP contribution in [-0.4, -0.2) is 55.6 Å². The number of halogens is 2. The van der Waals surface area contributed by atoms with Gasteiger partial charge in [-0.3, -0.25) is 4.99 Å². The number of rotatable bonds is 4. The first-order valence-corrected chi connectivity index (χ1v) is 10.1. The summed E-state index contributed by atoms with van der Waals surface area (Å²) in [7, 11) is 1.83. The Morgan fingerprint density at radius 1 is 1.25 bits per heavy atom. The summed E-state index contributed by atoms with van der Waals surface area (Å²) in [4.78, 5) is 12.4. The Morgan fingerprint density at radius 2 is 2.07 bits per heavy atom. The minimum absolute atomic E-state index is 0. The van der Waals surface area contributed by atoms with Crippen molar-refractivity contribution >= 4 is 57.2 Å². The second-order valence-electron chi connectivity index (χ2n) is 6.65. The van der Waals surface area contributed by atoms with Gasteiger partial charge in [-0.05, 0) is 47.7 Å². The molecule has 4 rings (SSSR count). The fourth-order valence-electron chi connectivity index (χ4n) is 3.59. The number of nitrogens with zero attached hydrogens (tertiary/aromatic N) is 3. The van der Waals surface area contributed by atoms with Crippen LogP contribution in [0.2, 0.25) is 0 Å². The Bertz CT molecular complexity index is 916. The molecule has 1 aromatic carbocycles. The van der Waals surface area contributed by atoms with Crippen molar-refractivity contribution in [1.82, 2.24) is 15.2 Å². The molecule has 0 bridgehead atoms. The molecule has 5 nitrogen and oxygen atoms in total. The minimum atomic E-state index is -0.198. The first kappa shape index (κ1) is 20.9. The molecule has 0 saturated carbocycles. The molecule has 2 N–H and O–H groups in total. The van der Waals surface area contributed by atoms with E-state index >= 15 is 0 Å². The van der Waals surface area contributed by atoms with Gasteiger partial charge in [-0.2, -0.15) is 0 Å². The number of anilines is 1. The van der Waals surface area contributed by atoms with Crippen LogP contribution in [0.25, 0.3) is 10.9 Å². The molecule has 0 unspecified atom stereocenters.